The molecule has 0 N–H and O–H groups in total. The van der Waals surface area contributed by atoms with Gasteiger partial charge in [0.25, 0.3) is 7.82 Å². The van der Waals surface area contributed by atoms with Crippen LogP contribution in [0.5, 0.6) is 0 Å². The second-order valence-electron chi connectivity index (χ2n) is 14.9. The van der Waals surface area contributed by atoms with Crippen LogP contribution >= 0.6 is 7.82 Å². The minimum atomic E-state index is -4.55. The van der Waals surface area contributed by atoms with E-state index in [-0.39, 0.29) is 32.2 Å². The van der Waals surface area contributed by atoms with E-state index < -0.39 is 13.9 Å². The molecule has 0 spiro atoms. The van der Waals surface area contributed by atoms with E-state index in [1.165, 1.54) is 0 Å². The first-order chi connectivity index (χ1) is 27.6. The van der Waals surface area contributed by atoms with Crippen LogP contribution in [0.15, 0.2) is 109 Å². The number of hydrogen-bond donors (Lipinski definition) is 0. The number of ether oxygens (including phenoxy) is 2. The Kier molecular flexibility index (Phi) is 38.0. The molecule has 0 aromatic carbocycles. The topological polar surface area (TPSA) is 94.1 Å². The molecule has 0 saturated heterocycles. The standard InChI is InChI=1S/C48H80NO7P/c1-6-8-10-12-14-16-18-20-22-23-24-25-26-27-28-29-31-33-35-37-39-41-48(50)56-47(46-55-57(51,52)54-44-42-49(3,4)5)45-53-43-40-38-36-34-32-30-21-19-17-15-13-11-9-7-2/h8-11,14-17,20-22,24-25,27-28,30,34,36,47H,6-7,12-13,18-19,23,26,29,31-33,35,37-46H2,1-5H3/b10-8-,11-9-,16-14-,17-15-,22-20-,25-24-,28-27-,30-21-,36-34-. The van der Waals surface area contributed by atoms with Crippen molar-refractivity contribution in [3.05, 3.63) is 109 Å². The van der Waals surface area contributed by atoms with Crippen molar-refractivity contribution >= 4 is 13.8 Å². The Hall–Kier alpha value is -2.84. The molecule has 57 heavy (non-hydrogen) atoms. The quantitative estimate of drug-likeness (QED) is 0.0201. The zero-order valence-corrected chi connectivity index (χ0v) is 37.4. The van der Waals surface area contributed by atoms with Crippen molar-refractivity contribution in [2.75, 3.05) is 54.1 Å². The number of allylic oxidation sites excluding steroid dienone is 18. The lowest BCUT2D eigenvalue weighted by Gasteiger charge is -2.28. The number of quaternary nitrogens is 1. The summed E-state index contributed by atoms with van der Waals surface area (Å²) in [4.78, 5) is 25.0. The number of carbonyl (C=O) groups excluding carboxylic acids is 1. The minimum absolute atomic E-state index is 0.00481. The third-order valence-corrected chi connectivity index (χ3v) is 9.28. The first-order valence-corrected chi connectivity index (χ1v) is 23.1. The molecule has 2 unspecified atom stereocenters. The van der Waals surface area contributed by atoms with Crippen LogP contribution in [0, 0.1) is 0 Å². The molecule has 0 aromatic rings. The smallest absolute Gasteiger partial charge is 0.306 e. The van der Waals surface area contributed by atoms with Gasteiger partial charge in [0.15, 0.2) is 0 Å². The molecule has 0 aromatic heterocycles. The van der Waals surface area contributed by atoms with Crippen LogP contribution in [-0.4, -0.2) is 70.7 Å². The number of carbonyl (C=O) groups is 1. The Morgan fingerprint density at radius 3 is 1.44 bits per heavy atom. The van der Waals surface area contributed by atoms with Gasteiger partial charge < -0.3 is 27.9 Å². The van der Waals surface area contributed by atoms with E-state index in [9.17, 15) is 14.3 Å². The van der Waals surface area contributed by atoms with Crippen LogP contribution in [-0.2, 0) is 27.9 Å². The summed E-state index contributed by atoms with van der Waals surface area (Å²) in [7, 11) is 1.28. The lowest BCUT2D eigenvalue weighted by Crippen LogP contribution is -2.37. The van der Waals surface area contributed by atoms with Crippen molar-refractivity contribution in [2.24, 2.45) is 0 Å². The fraction of sp³-hybridized carbons (Fsp3) is 0.604. The molecule has 0 amide bonds. The predicted molar refractivity (Wildman–Crippen MR) is 240 cm³/mol. The molecule has 8 nitrogen and oxygen atoms in total. The van der Waals surface area contributed by atoms with Gasteiger partial charge in [-0.2, -0.15) is 0 Å². The molecule has 0 heterocycles. The van der Waals surface area contributed by atoms with Crippen LogP contribution < -0.4 is 4.89 Å². The lowest BCUT2D eigenvalue weighted by molar-refractivity contribution is -0.870. The van der Waals surface area contributed by atoms with Crippen molar-refractivity contribution in [2.45, 2.75) is 136 Å². The molecule has 2 atom stereocenters. The highest BCUT2D eigenvalue weighted by atomic mass is 31.2. The van der Waals surface area contributed by atoms with Crippen molar-refractivity contribution in [1.82, 2.24) is 0 Å². The molecule has 324 valence electrons. The fourth-order valence-electron chi connectivity index (χ4n) is 5.05. The summed E-state index contributed by atoms with van der Waals surface area (Å²) in [5.74, 6) is -0.377. The Labute approximate surface area is 349 Å². The zero-order chi connectivity index (χ0) is 42.0. The third-order valence-electron chi connectivity index (χ3n) is 8.32. The average Bonchev–Trinajstić information content (AvgIpc) is 3.16. The maximum Gasteiger partial charge on any atom is 0.306 e. The van der Waals surface area contributed by atoms with E-state index in [2.05, 4.69) is 123 Å². The number of rotatable bonds is 38. The largest absolute Gasteiger partial charge is 0.756 e. The molecule has 0 aliphatic carbocycles. The Bertz CT molecular complexity index is 1270. The number of likely N-dealkylation sites (N-methyl/N-ethyl adjacent to an activating group) is 1. The van der Waals surface area contributed by atoms with E-state index in [0.717, 1.165) is 109 Å². The first-order valence-electron chi connectivity index (χ1n) is 21.6. The summed E-state index contributed by atoms with van der Waals surface area (Å²) < 4.78 is 34.4. The van der Waals surface area contributed by atoms with E-state index in [1.807, 2.05) is 21.1 Å². The Morgan fingerprint density at radius 1 is 0.544 bits per heavy atom. The first kappa shape index (κ1) is 54.2. The molecule has 0 radical (unpaired) electrons. The molecular weight excluding hydrogens is 734 g/mol. The van der Waals surface area contributed by atoms with Crippen molar-refractivity contribution in [1.29, 1.82) is 0 Å². The zero-order valence-electron chi connectivity index (χ0n) is 36.5. The molecule has 0 aliphatic heterocycles. The van der Waals surface area contributed by atoms with Crippen LogP contribution in [0.1, 0.15) is 129 Å². The number of phosphoric acid groups is 1. The highest BCUT2D eigenvalue weighted by Gasteiger charge is 2.20. The number of nitrogens with zero attached hydrogens (tertiary/aromatic N) is 1. The predicted octanol–water partition coefficient (Wildman–Crippen LogP) is 12.2. The van der Waals surface area contributed by atoms with Crippen molar-refractivity contribution in [3.8, 4) is 0 Å². The summed E-state index contributed by atoms with van der Waals surface area (Å²) in [5, 5.41) is 0. The summed E-state index contributed by atoms with van der Waals surface area (Å²) in [5.41, 5.74) is 0. The van der Waals surface area contributed by atoms with E-state index >= 15 is 0 Å². The monoisotopic (exact) mass is 814 g/mol. The minimum Gasteiger partial charge on any atom is -0.756 e. The second-order valence-corrected chi connectivity index (χ2v) is 16.3. The van der Waals surface area contributed by atoms with Crippen molar-refractivity contribution in [3.63, 3.8) is 0 Å². The van der Waals surface area contributed by atoms with Crippen LogP contribution in [0.4, 0.5) is 0 Å². The molecule has 0 aliphatic rings. The maximum absolute atomic E-state index is 12.7. The average molecular weight is 814 g/mol. The SMILES string of the molecule is CC/C=C\C/C=C\C/C=C\C/C=C\C/C=C\CCCCCCCC(=O)OC(COCCC/C=C\C/C=C\C/C=C\C/C=C\CC)COP(=O)([O-])OCC[N+](C)(C)C. The van der Waals surface area contributed by atoms with Crippen LogP contribution in [0.3, 0.4) is 0 Å². The Balaban J connectivity index is 4.38. The Morgan fingerprint density at radius 2 is 0.965 bits per heavy atom. The van der Waals surface area contributed by atoms with Crippen molar-refractivity contribution < 1.29 is 37.3 Å². The molecule has 0 saturated carbocycles. The van der Waals surface area contributed by atoms with Gasteiger partial charge in [0.2, 0.25) is 0 Å². The number of hydrogen-bond acceptors (Lipinski definition) is 7. The van der Waals surface area contributed by atoms with Gasteiger partial charge in [-0.05, 0) is 89.9 Å². The van der Waals surface area contributed by atoms with Gasteiger partial charge in [-0.3, -0.25) is 9.36 Å². The summed E-state index contributed by atoms with van der Waals surface area (Å²) in [6, 6.07) is 0. The van der Waals surface area contributed by atoms with E-state index in [0.29, 0.717) is 17.6 Å². The molecule has 0 bridgehead atoms. The normalized spacial score (nSPS) is 14.8. The van der Waals surface area contributed by atoms with Gasteiger partial charge in [-0.25, -0.2) is 0 Å². The molecular formula is C48H80NO7P. The van der Waals surface area contributed by atoms with Gasteiger partial charge in [-0.1, -0.05) is 142 Å². The van der Waals surface area contributed by atoms with Gasteiger partial charge in [-0.15, -0.1) is 0 Å². The molecule has 0 fully saturated rings. The number of esters is 1. The molecule has 0 rings (SSSR count). The highest BCUT2D eigenvalue weighted by Crippen LogP contribution is 2.38. The summed E-state index contributed by atoms with van der Waals surface area (Å²) in [6.07, 6.45) is 55.5. The van der Waals surface area contributed by atoms with Crippen LogP contribution in [0.2, 0.25) is 0 Å². The maximum atomic E-state index is 12.7. The summed E-state index contributed by atoms with van der Waals surface area (Å²) in [6.45, 7) is 4.96. The van der Waals surface area contributed by atoms with Crippen LogP contribution in [0.25, 0.3) is 0 Å². The van der Waals surface area contributed by atoms with Gasteiger partial charge in [0, 0.05) is 13.0 Å². The second kappa shape index (κ2) is 40.0. The fourth-order valence-corrected chi connectivity index (χ4v) is 5.77. The summed E-state index contributed by atoms with van der Waals surface area (Å²) >= 11 is 0. The highest BCUT2D eigenvalue weighted by molar-refractivity contribution is 7.45. The lowest BCUT2D eigenvalue weighted by atomic mass is 10.1. The molecule has 9 heteroatoms. The number of phosphoric ester groups is 1. The van der Waals surface area contributed by atoms with Gasteiger partial charge in [0.1, 0.15) is 19.3 Å². The third kappa shape index (κ3) is 44.1. The number of unbranched alkanes of at least 4 members (excludes halogenated alkanes) is 6. The van der Waals surface area contributed by atoms with E-state index in [4.69, 9.17) is 18.5 Å². The van der Waals surface area contributed by atoms with E-state index in [1.54, 1.807) is 0 Å². The van der Waals surface area contributed by atoms with Gasteiger partial charge >= 0.3 is 5.97 Å². The van der Waals surface area contributed by atoms with Gasteiger partial charge in [0.05, 0.1) is 34.4 Å².